The Morgan fingerprint density at radius 3 is 2.86 bits per heavy atom. The SMILES string of the molecule is C=C/C(=C\C(Cl)=C/C)c1n[nH]c(=S)s1. The van der Waals surface area contributed by atoms with E-state index in [-0.39, 0.29) is 0 Å². The molecular weight excluding hydrogens is 236 g/mol. The van der Waals surface area contributed by atoms with Gasteiger partial charge in [0.05, 0.1) is 0 Å². The minimum Gasteiger partial charge on any atom is -0.258 e. The molecule has 0 bridgehead atoms. The highest BCUT2D eigenvalue weighted by molar-refractivity contribution is 7.73. The number of H-pyrrole nitrogens is 1. The van der Waals surface area contributed by atoms with E-state index in [4.69, 9.17) is 23.8 Å². The van der Waals surface area contributed by atoms with E-state index < -0.39 is 0 Å². The predicted molar refractivity (Wildman–Crippen MR) is 65.1 cm³/mol. The third-order valence-corrected chi connectivity index (χ3v) is 2.94. The van der Waals surface area contributed by atoms with Gasteiger partial charge in [-0.2, -0.15) is 5.10 Å². The lowest BCUT2D eigenvalue weighted by Crippen LogP contribution is -1.79. The molecule has 0 fully saturated rings. The number of aromatic nitrogens is 2. The summed E-state index contributed by atoms with van der Waals surface area (Å²) < 4.78 is 0.643. The van der Waals surface area contributed by atoms with Crippen molar-refractivity contribution in [3.05, 3.63) is 38.8 Å². The average Bonchev–Trinajstić information content (AvgIpc) is 2.60. The summed E-state index contributed by atoms with van der Waals surface area (Å²) in [6.07, 6.45) is 5.31. The summed E-state index contributed by atoms with van der Waals surface area (Å²) in [4.78, 5) is 0. The average molecular weight is 245 g/mol. The third kappa shape index (κ3) is 2.90. The first-order chi connectivity index (χ1) is 6.67. The quantitative estimate of drug-likeness (QED) is 0.645. The molecule has 0 aliphatic carbocycles. The third-order valence-electron chi connectivity index (χ3n) is 1.47. The molecule has 2 nitrogen and oxygen atoms in total. The van der Waals surface area contributed by atoms with Crippen molar-refractivity contribution in [3.8, 4) is 0 Å². The van der Waals surface area contributed by atoms with Gasteiger partial charge < -0.3 is 0 Å². The number of nitrogens with zero attached hydrogens (tertiary/aromatic N) is 1. The summed E-state index contributed by atoms with van der Waals surface area (Å²) in [6.45, 7) is 5.57. The van der Waals surface area contributed by atoms with E-state index in [0.29, 0.717) is 8.99 Å². The molecule has 0 saturated heterocycles. The highest BCUT2D eigenvalue weighted by Crippen LogP contribution is 2.20. The molecule has 0 aliphatic rings. The minimum absolute atomic E-state index is 0.643. The smallest absolute Gasteiger partial charge is 0.176 e. The van der Waals surface area contributed by atoms with Crippen molar-refractivity contribution in [2.45, 2.75) is 6.92 Å². The number of nitrogens with one attached hydrogen (secondary N) is 1. The number of hydrogen-bond acceptors (Lipinski definition) is 3. The second-order valence-electron chi connectivity index (χ2n) is 2.40. The van der Waals surface area contributed by atoms with Gasteiger partial charge in [0.25, 0.3) is 0 Å². The number of halogens is 1. The maximum Gasteiger partial charge on any atom is 0.176 e. The standard InChI is InChI=1S/C9H9ClN2S2/c1-3-6(5-7(10)4-2)8-11-12-9(13)14-8/h3-5H,1H2,2H3,(H,12,13)/b6-5+,7-4+. The van der Waals surface area contributed by atoms with Gasteiger partial charge in [-0.25, -0.2) is 0 Å². The fourth-order valence-electron chi connectivity index (χ4n) is 0.793. The molecule has 0 unspecified atom stereocenters. The van der Waals surface area contributed by atoms with E-state index in [2.05, 4.69) is 16.8 Å². The Hall–Kier alpha value is -0.710. The molecule has 0 radical (unpaired) electrons. The first kappa shape index (κ1) is 11.4. The van der Waals surface area contributed by atoms with E-state index in [0.717, 1.165) is 10.6 Å². The highest BCUT2D eigenvalue weighted by atomic mass is 35.5. The van der Waals surface area contributed by atoms with Crippen molar-refractivity contribution in [2.24, 2.45) is 0 Å². The van der Waals surface area contributed by atoms with Gasteiger partial charge in [0.2, 0.25) is 0 Å². The summed E-state index contributed by atoms with van der Waals surface area (Å²) in [5.74, 6) is 0. The predicted octanol–water partition coefficient (Wildman–Crippen LogP) is 3.91. The summed E-state index contributed by atoms with van der Waals surface area (Å²) in [5, 5.41) is 8.20. The molecule has 74 valence electrons. The second kappa shape index (κ2) is 5.24. The Bertz CT molecular complexity index is 440. The number of rotatable bonds is 3. The monoisotopic (exact) mass is 244 g/mol. The van der Waals surface area contributed by atoms with Crippen LogP contribution in [0.2, 0.25) is 0 Å². The molecule has 0 amide bonds. The van der Waals surface area contributed by atoms with E-state index in [1.165, 1.54) is 11.3 Å². The van der Waals surface area contributed by atoms with E-state index in [1.807, 2.05) is 6.92 Å². The van der Waals surface area contributed by atoms with Gasteiger partial charge in [0.15, 0.2) is 3.95 Å². The Morgan fingerprint density at radius 2 is 2.43 bits per heavy atom. The van der Waals surface area contributed by atoms with Gasteiger partial charge in [-0.3, -0.25) is 5.10 Å². The number of hydrogen-bond donors (Lipinski definition) is 1. The van der Waals surface area contributed by atoms with Gasteiger partial charge in [-0.05, 0) is 25.2 Å². The van der Waals surface area contributed by atoms with Gasteiger partial charge in [-0.15, -0.1) is 0 Å². The molecule has 1 N–H and O–H groups in total. The normalized spacial score (nSPS) is 13.0. The fraction of sp³-hybridized carbons (Fsp3) is 0.111. The van der Waals surface area contributed by atoms with Crippen molar-refractivity contribution < 1.29 is 0 Å². The van der Waals surface area contributed by atoms with Crippen LogP contribution in [0.4, 0.5) is 0 Å². The summed E-state index contributed by atoms with van der Waals surface area (Å²) >= 11 is 12.2. The summed E-state index contributed by atoms with van der Waals surface area (Å²) in [7, 11) is 0. The zero-order chi connectivity index (χ0) is 10.6. The second-order valence-corrected chi connectivity index (χ2v) is 4.50. The molecule has 0 spiro atoms. The number of aromatic amines is 1. The van der Waals surface area contributed by atoms with Crippen LogP contribution in [0, 0.1) is 3.95 Å². The van der Waals surface area contributed by atoms with Crippen molar-refractivity contribution in [1.29, 1.82) is 0 Å². The van der Waals surface area contributed by atoms with E-state index in [9.17, 15) is 0 Å². The van der Waals surface area contributed by atoms with Gasteiger partial charge in [0, 0.05) is 10.6 Å². The molecule has 0 aliphatic heterocycles. The maximum atomic E-state index is 5.87. The Morgan fingerprint density at radius 1 is 1.71 bits per heavy atom. The van der Waals surface area contributed by atoms with Crippen molar-refractivity contribution in [3.63, 3.8) is 0 Å². The van der Waals surface area contributed by atoms with Crippen LogP contribution in [0.3, 0.4) is 0 Å². The molecule has 1 aromatic rings. The maximum absolute atomic E-state index is 5.87. The Balaban J connectivity index is 3.10. The zero-order valence-electron chi connectivity index (χ0n) is 7.58. The molecule has 1 aromatic heterocycles. The summed E-state index contributed by atoms with van der Waals surface area (Å²) in [6, 6.07) is 0. The molecular formula is C9H9ClN2S2. The van der Waals surface area contributed by atoms with Gasteiger partial charge in [-0.1, -0.05) is 41.7 Å². The zero-order valence-corrected chi connectivity index (χ0v) is 9.97. The molecule has 0 aromatic carbocycles. The van der Waals surface area contributed by atoms with E-state index >= 15 is 0 Å². The molecule has 1 heterocycles. The molecule has 14 heavy (non-hydrogen) atoms. The largest absolute Gasteiger partial charge is 0.258 e. The fourth-order valence-corrected chi connectivity index (χ4v) is 1.81. The molecule has 0 atom stereocenters. The summed E-state index contributed by atoms with van der Waals surface area (Å²) in [5.41, 5.74) is 0.866. The van der Waals surface area contributed by atoms with Gasteiger partial charge in [0.1, 0.15) is 5.01 Å². The van der Waals surface area contributed by atoms with Crippen molar-refractivity contribution in [2.75, 3.05) is 0 Å². The lowest BCUT2D eigenvalue weighted by atomic mass is 10.2. The topological polar surface area (TPSA) is 28.7 Å². The van der Waals surface area contributed by atoms with E-state index in [1.54, 1.807) is 18.2 Å². The lowest BCUT2D eigenvalue weighted by molar-refractivity contribution is 1.06. The van der Waals surface area contributed by atoms with Crippen LogP contribution in [-0.4, -0.2) is 10.2 Å². The molecule has 1 rings (SSSR count). The van der Waals surface area contributed by atoms with Gasteiger partial charge >= 0.3 is 0 Å². The highest BCUT2D eigenvalue weighted by Gasteiger charge is 2.01. The van der Waals surface area contributed by atoms with Crippen LogP contribution >= 0.6 is 35.2 Å². The van der Waals surface area contributed by atoms with Crippen molar-refractivity contribution >= 4 is 40.7 Å². The van der Waals surface area contributed by atoms with Crippen LogP contribution in [0.15, 0.2) is 29.8 Å². The van der Waals surface area contributed by atoms with Crippen LogP contribution in [0.5, 0.6) is 0 Å². The molecule has 0 saturated carbocycles. The van der Waals surface area contributed by atoms with Crippen LogP contribution < -0.4 is 0 Å². The lowest BCUT2D eigenvalue weighted by Gasteiger charge is -1.94. The van der Waals surface area contributed by atoms with Crippen molar-refractivity contribution in [1.82, 2.24) is 10.2 Å². The first-order valence-corrected chi connectivity index (χ1v) is 5.49. The van der Waals surface area contributed by atoms with Crippen LogP contribution in [0.25, 0.3) is 5.57 Å². The first-order valence-electron chi connectivity index (χ1n) is 3.89. The Kier molecular flexibility index (Phi) is 4.25. The number of allylic oxidation sites excluding steroid dienone is 5. The minimum atomic E-state index is 0.643. The van der Waals surface area contributed by atoms with Crippen LogP contribution in [-0.2, 0) is 0 Å². The van der Waals surface area contributed by atoms with Crippen LogP contribution in [0.1, 0.15) is 11.9 Å². The Labute approximate surface area is 96.6 Å². The molecule has 5 heteroatoms.